The van der Waals surface area contributed by atoms with E-state index in [2.05, 4.69) is 5.32 Å². The molecule has 0 fully saturated rings. The summed E-state index contributed by atoms with van der Waals surface area (Å²) in [7, 11) is 0. The van der Waals surface area contributed by atoms with Gasteiger partial charge in [0.05, 0.1) is 6.04 Å². The van der Waals surface area contributed by atoms with Crippen LogP contribution in [-0.2, 0) is 20.8 Å². The third kappa shape index (κ3) is 9.05. The summed E-state index contributed by atoms with van der Waals surface area (Å²) in [6, 6.07) is 24.8. The van der Waals surface area contributed by atoms with E-state index in [1.807, 2.05) is 66.7 Å². The zero-order valence-corrected chi connectivity index (χ0v) is 23.2. The van der Waals surface area contributed by atoms with Crippen LogP contribution in [0.2, 0.25) is 5.02 Å². The van der Waals surface area contributed by atoms with E-state index in [9.17, 15) is 27.6 Å². The molecule has 0 bridgehead atoms. The third-order valence-electron chi connectivity index (χ3n) is 6.97. The highest BCUT2D eigenvalue weighted by atomic mass is 35.5. The summed E-state index contributed by atoms with van der Waals surface area (Å²) in [5, 5.41) is 3.30. The number of rotatable bonds is 13. The zero-order chi connectivity index (χ0) is 29.3. The Morgan fingerprint density at radius 1 is 0.825 bits per heavy atom. The maximum absolute atomic E-state index is 13.4. The lowest BCUT2D eigenvalue weighted by molar-refractivity contribution is -0.177. The summed E-state index contributed by atoms with van der Waals surface area (Å²) < 4.78 is 39.7. The monoisotopic (exact) mass is 571 g/mol. The van der Waals surface area contributed by atoms with Gasteiger partial charge in [0.25, 0.3) is 0 Å². The van der Waals surface area contributed by atoms with Crippen LogP contribution in [0.3, 0.4) is 0 Å². The van der Waals surface area contributed by atoms with E-state index in [1.165, 1.54) is 13.8 Å². The first-order chi connectivity index (χ1) is 19.0. The number of hydrogen-bond acceptors (Lipinski definition) is 3. The molecule has 0 spiro atoms. The topological polar surface area (TPSA) is 63.2 Å². The molecule has 3 rings (SSSR count). The van der Waals surface area contributed by atoms with Crippen LogP contribution in [0.15, 0.2) is 84.9 Å². The van der Waals surface area contributed by atoms with Gasteiger partial charge < -0.3 is 5.32 Å². The molecule has 0 aliphatic rings. The molecule has 0 aromatic heterocycles. The molecule has 0 saturated carbocycles. The molecule has 3 aromatic carbocycles. The van der Waals surface area contributed by atoms with Gasteiger partial charge >= 0.3 is 6.18 Å². The molecule has 1 N–H and O–H groups in total. The van der Waals surface area contributed by atoms with Crippen molar-refractivity contribution in [2.24, 2.45) is 11.8 Å². The van der Waals surface area contributed by atoms with E-state index >= 15 is 0 Å². The molecule has 0 heterocycles. The Hall–Kier alpha value is -3.45. The number of nitrogens with one attached hydrogen (secondary N) is 1. The molecular weight excluding hydrogens is 539 g/mol. The fourth-order valence-electron chi connectivity index (χ4n) is 4.75. The Kier molecular flexibility index (Phi) is 11.1. The molecule has 0 saturated heterocycles. The van der Waals surface area contributed by atoms with E-state index in [0.29, 0.717) is 11.4 Å². The van der Waals surface area contributed by atoms with Crippen LogP contribution in [0.5, 0.6) is 0 Å². The number of carbonyl (C=O) groups excluding carboxylic acids is 3. The van der Waals surface area contributed by atoms with Crippen molar-refractivity contribution in [1.29, 1.82) is 0 Å². The molecule has 3 aromatic rings. The third-order valence-corrected chi connectivity index (χ3v) is 7.21. The average Bonchev–Trinajstić information content (AvgIpc) is 2.92. The predicted octanol–water partition coefficient (Wildman–Crippen LogP) is 7.34. The second-order valence-corrected chi connectivity index (χ2v) is 10.7. The lowest BCUT2D eigenvalue weighted by atomic mass is 9.84. The van der Waals surface area contributed by atoms with Gasteiger partial charge in [0.2, 0.25) is 11.7 Å². The quantitative estimate of drug-likeness (QED) is 0.233. The van der Waals surface area contributed by atoms with Gasteiger partial charge in [-0.15, -0.1) is 0 Å². The number of aryl methyl sites for hydroxylation is 1. The second-order valence-electron chi connectivity index (χ2n) is 10.2. The van der Waals surface area contributed by atoms with Gasteiger partial charge in [0.15, 0.2) is 5.78 Å². The molecule has 212 valence electrons. The fourth-order valence-corrected chi connectivity index (χ4v) is 4.94. The van der Waals surface area contributed by atoms with Crippen LogP contribution >= 0.6 is 11.6 Å². The number of amides is 1. The van der Waals surface area contributed by atoms with Crippen molar-refractivity contribution in [2.45, 2.75) is 57.7 Å². The smallest absolute Gasteiger partial charge is 0.346 e. The number of hydrogen-bond donors (Lipinski definition) is 1. The minimum atomic E-state index is -5.04. The molecule has 1 unspecified atom stereocenters. The fraction of sp³-hybridized carbons (Fsp3) is 0.344. The van der Waals surface area contributed by atoms with Crippen molar-refractivity contribution in [3.8, 4) is 0 Å². The van der Waals surface area contributed by atoms with Crippen molar-refractivity contribution in [1.82, 2.24) is 5.32 Å². The molecule has 0 aliphatic carbocycles. The maximum atomic E-state index is 13.4. The number of halogens is 4. The van der Waals surface area contributed by atoms with Gasteiger partial charge in [-0.2, -0.15) is 13.2 Å². The normalized spacial score (nSPS) is 13.9. The average molecular weight is 572 g/mol. The Bertz CT molecular complexity index is 1280. The van der Waals surface area contributed by atoms with Gasteiger partial charge in [-0.3, -0.25) is 14.4 Å². The first-order valence-corrected chi connectivity index (χ1v) is 13.6. The summed E-state index contributed by atoms with van der Waals surface area (Å²) in [5.74, 6) is -5.53. The predicted molar refractivity (Wildman–Crippen MR) is 150 cm³/mol. The minimum absolute atomic E-state index is 0.00539. The Labute approximate surface area is 237 Å². The van der Waals surface area contributed by atoms with E-state index in [1.54, 1.807) is 18.2 Å². The molecule has 8 heteroatoms. The summed E-state index contributed by atoms with van der Waals surface area (Å²) in [4.78, 5) is 38.8. The Morgan fingerprint density at radius 3 is 2.00 bits per heavy atom. The molecule has 40 heavy (non-hydrogen) atoms. The number of alkyl halides is 3. The Balaban J connectivity index is 1.83. The molecule has 0 aliphatic heterocycles. The van der Waals surface area contributed by atoms with Crippen LogP contribution in [-0.4, -0.2) is 29.7 Å². The van der Waals surface area contributed by atoms with Gasteiger partial charge in [0.1, 0.15) is 0 Å². The SMILES string of the molecule is CC(C)[C@H](CC(=O)[C@H](CCc1ccccc1)NC(=O)CC(c1ccccc1)c1cccc(Cl)c1)C(=O)C(F)(F)F. The highest BCUT2D eigenvalue weighted by Gasteiger charge is 2.45. The van der Waals surface area contributed by atoms with E-state index in [4.69, 9.17) is 11.6 Å². The first kappa shape index (κ1) is 31.1. The second kappa shape index (κ2) is 14.3. The lowest BCUT2D eigenvalue weighted by Gasteiger charge is -2.25. The Morgan fingerprint density at radius 2 is 1.43 bits per heavy atom. The van der Waals surface area contributed by atoms with Gasteiger partial charge in [-0.1, -0.05) is 98.2 Å². The summed E-state index contributed by atoms with van der Waals surface area (Å²) in [6.45, 7) is 2.96. The lowest BCUT2D eigenvalue weighted by Crippen LogP contribution is -2.44. The largest absolute Gasteiger partial charge is 0.450 e. The summed E-state index contributed by atoms with van der Waals surface area (Å²) >= 11 is 6.22. The van der Waals surface area contributed by atoms with E-state index in [-0.39, 0.29) is 18.8 Å². The number of carbonyl (C=O) groups is 3. The van der Waals surface area contributed by atoms with Gasteiger partial charge in [0, 0.05) is 29.7 Å². The van der Waals surface area contributed by atoms with E-state index in [0.717, 1.165) is 16.7 Å². The summed E-state index contributed by atoms with van der Waals surface area (Å²) in [5.41, 5.74) is 2.61. The van der Waals surface area contributed by atoms with Crippen LogP contribution in [0.4, 0.5) is 13.2 Å². The summed E-state index contributed by atoms with van der Waals surface area (Å²) in [6.07, 6.45) is -5.04. The number of ketones is 2. The highest BCUT2D eigenvalue weighted by molar-refractivity contribution is 6.30. The number of Topliss-reactive ketones (excluding diaryl/α,β-unsaturated/α-hetero) is 2. The standard InChI is InChI=1S/C32H33ClF3NO3/c1-21(2)26(31(40)32(34,35)36)19-29(38)28(17-16-22-10-5-3-6-11-22)37-30(39)20-27(23-12-7-4-8-13-23)24-14-9-15-25(33)18-24/h3-15,18,21,26-28H,16-17,19-20H2,1-2H3,(H,37,39)/t26-,27?,28-/m0/s1. The van der Waals surface area contributed by atoms with Gasteiger partial charge in [-0.05, 0) is 47.6 Å². The van der Waals surface area contributed by atoms with Crippen molar-refractivity contribution < 1.29 is 27.6 Å². The van der Waals surface area contributed by atoms with E-state index < -0.39 is 47.9 Å². The van der Waals surface area contributed by atoms with Crippen LogP contribution in [0, 0.1) is 11.8 Å². The van der Waals surface area contributed by atoms with Crippen molar-refractivity contribution in [3.63, 3.8) is 0 Å². The minimum Gasteiger partial charge on any atom is -0.346 e. The molecule has 1 amide bonds. The van der Waals surface area contributed by atoms with Gasteiger partial charge in [-0.25, -0.2) is 0 Å². The molecule has 3 atom stereocenters. The van der Waals surface area contributed by atoms with Crippen LogP contribution < -0.4 is 5.32 Å². The van der Waals surface area contributed by atoms with Crippen molar-refractivity contribution >= 4 is 29.1 Å². The highest BCUT2D eigenvalue weighted by Crippen LogP contribution is 2.31. The zero-order valence-electron chi connectivity index (χ0n) is 22.5. The first-order valence-electron chi connectivity index (χ1n) is 13.2. The molecule has 4 nitrogen and oxygen atoms in total. The molecule has 0 radical (unpaired) electrons. The van der Waals surface area contributed by atoms with Crippen molar-refractivity contribution in [3.05, 3.63) is 107 Å². The number of benzene rings is 3. The molecular formula is C32H33ClF3NO3. The van der Waals surface area contributed by atoms with Crippen LogP contribution in [0.1, 0.15) is 55.7 Å². The van der Waals surface area contributed by atoms with Crippen molar-refractivity contribution in [2.75, 3.05) is 0 Å². The van der Waals surface area contributed by atoms with Crippen LogP contribution in [0.25, 0.3) is 0 Å². The maximum Gasteiger partial charge on any atom is 0.450 e.